The number of hydrogen-bond donors (Lipinski definition) is 2. The Kier molecular flexibility index (Phi) is 3.23. The van der Waals surface area contributed by atoms with Crippen LogP contribution in [0.15, 0.2) is 36.4 Å². The Bertz CT molecular complexity index is 528. The van der Waals surface area contributed by atoms with Crippen LogP contribution >= 0.6 is 22.6 Å². The summed E-state index contributed by atoms with van der Waals surface area (Å²) in [6.07, 6.45) is 0. The van der Waals surface area contributed by atoms with Gasteiger partial charge in [0.2, 0.25) is 11.8 Å². The minimum atomic E-state index is -0.664. The summed E-state index contributed by atoms with van der Waals surface area (Å²) in [5, 5.41) is 18.6. The molecule has 5 nitrogen and oxygen atoms in total. The van der Waals surface area contributed by atoms with Crippen LogP contribution in [-0.2, 0) is 0 Å². The van der Waals surface area contributed by atoms with Crippen molar-refractivity contribution < 1.29 is 19.8 Å². The summed E-state index contributed by atoms with van der Waals surface area (Å²) in [6.45, 7) is 0. The predicted molar refractivity (Wildman–Crippen MR) is 67.8 cm³/mol. The third kappa shape index (κ3) is 2.52. The Hall–Kier alpha value is -1.70. The molecule has 0 spiro atoms. The molecule has 88 valence electrons. The highest BCUT2D eigenvalue weighted by Crippen LogP contribution is 2.19. The van der Waals surface area contributed by atoms with E-state index in [1.165, 1.54) is 12.1 Å². The number of nitrogens with zero attached hydrogens (tertiary/aromatic N) is 1. The fourth-order valence-corrected chi connectivity index (χ4v) is 1.58. The molecule has 0 radical (unpaired) electrons. The summed E-state index contributed by atoms with van der Waals surface area (Å²) >= 11 is 2.12. The summed E-state index contributed by atoms with van der Waals surface area (Å²) in [4.78, 5) is 16.5. The van der Waals surface area contributed by atoms with Crippen LogP contribution in [0.2, 0.25) is 0 Å². The minimum absolute atomic E-state index is 0.331. The molecule has 1 aromatic carbocycles. The fraction of sp³-hybridized carbons (Fsp3) is 0. The lowest BCUT2D eigenvalue weighted by molar-refractivity contribution is 0.0381. The highest BCUT2D eigenvalue weighted by molar-refractivity contribution is 14.1. The second-order valence-corrected chi connectivity index (χ2v) is 4.48. The van der Waals surface area contributed by atoms with Crippen LogP contribution in [0.4, 0.5) is 0 Å². The predicted octanol–water partition coefficient (Wildman–Crippen LogP) is 1.77. The van der Waals surface area contributed by atoms with Crippen molar-refractivity contribution in [3.63, 3.8) is 0 Å². The standard InChI is InChI=1S/C11H8INO4/c12-8-3-1-7(2-4-8)11(16)17-13-9(14)5-6-10(13)15/h1-6,14-15H. The van der Waals surface area contributed by atoms with Crippen LogP contribution in [0.1, 0.15) is 10.4 Å². The van der Waals surface area contributed by atoms with Crippen LogP contribution in [0.5, 0.6) is 11.8 Å². The van der Waals surface area contributed by atoms with Gasteiger partial charge < -0.3 is 15.1 Å². The number of benzene rings is 1. The number of aromatic hydroxyl groups is 2. The average molecular weight is 345 g/mol. The van der Waals surface area contributed by atoms with Crippen molar-refractivity contribution in [3.8, 4) is 11.8 Å². The molecule has 0 bridgehead atoms. The van der Waals surface area contributed by atoms with Crippen molar-refractivity contribution >= 4 is 28.6 Å². The molecular weight excluding hydrogens is 337 g/mol. The molecule has 6 heteroatoms. The third-order valence-electron chi connectivity index (χ3n) is 2.05. The summed E-state index contributed by atoms with van der Waals surface area (Å²) < 4.78 is 1.64. The van der Waals surface area contributed by atoms with Crippen molar-refractivity contribution in [2.45, 2.75) is 0 Å². The van der Waals surface area contributed by atoms with E-state index in [0.717, 1.165) is 3.57 Å². The van der Waals surface area contributed by atoms with E-state index < -0.39 is 5.97 Å². The van der Waals surface area contributed by atoms with Crippen LogP contribution < -0.4 is 4.84 Å². The first kappa shape index (κ1) is 11.8. The lowest BCUT2D eigenvalue weighted by Gasteiger charge is -2.06. The zero-order valence-corrected chi connectivity index (χ0v) is 10.7. The number of aromatic nitrogens is 1. The third-order valence-corrected chi connectivity index (χ3v) is 2.77. The lowest BCUT2D eigenvalue weighted by Crippen LogP contribution is -2.18. The Morgan fingerprint density at radius 1 is 1.06 bits per heavy atom. The molecule has 0 aliphatic rings. The van der Waals surface area contributed by atoms with E-state index in [0.29, 0.717) is 10.3 Å². The lowest BCUT2D eigenvalue weighted by atomic mass is 10.2. The van der Waals surface area contributed by atoms with Gasteiger partial charge >= 0.3 is 5.97 Å². The summed E-state index contributed by atoms with van der Waals surface area (Å²) in [5.41, 5.74) is 0.331. The van der Waals surface area contributed by atoms with Crippen molar-refractivity contribution in [1.82, 2.24) is 4.73 Å². The first-order valence-electron chi connectivity index (χ1n) is 4.66. The van der Waals surface area contributed by atoms with Gasteiger partial charge in [-0.2, -0.15) is 0 Å². The van der Waals surface area contributed by atoms with Crippen molar-refractivity contribution in [1.29, 1.82) is 0 Å². The second-order valence-electron chi connectivity index (χ2n) is 3.23. The molecule has 0 amide bonds. The molecule has 0 saturated heterocycles. The number of rotatable bonds is 2. The molecule has 0 atom stereocenters. The van der Waals surface area contributed by atoms with Gasteiger partial charge in [-0.15, -0.1) is 4.73 Å². The monoisotopic (exact) mass is 345 g/mol. The topological polar surface area (TPSA) is 71.7 Å². The van der Waals surface area contributed by atoms with Crippen LogP contribution in [0.3, 0.4) is 0 Å². The van der Waals surface area contributed by atoms with Gasteiger partial charge in [-0.1, -0.05) is 0 Å². The van der Waals surface area contributed by atoms with E-state index in [2.05, 4.69) is 22.6 Å². The van der Waals surface area contributed by atoms with E-state index in [1.54, 1.807) is 24.3 Å². The Balaban J connectivity index is 2.20. The minimum Gasteiger partial charge on any atom is -0.492 e. The van der Waals surface area contributed by atoms with Crippen molar-refractivity contribution in [2.75, 3.05) is 0 Å². The summed E-state index contributed by atoms with van der Waals surface area (Å²) in [7, 11) is 0. The molecule has 2 aromatic rings. The maximum Gasteiger partial charge on any atom is 0.363 e. The Morgan fingerprint density at radius 3 is 2.12 bits per heavy atom. The van der Waals surface area contributed by atoms with Gasteiger partial charge in [0.15, 0.2) is 0 Å². The van der Waals surface area contributed by atoms with Crippen molar-refractivity contribution in [3.05, 3.63) is 45.5 Å². The van der Waals surface area contributed by atoms with Crippen LogP contribution in [0, 0.1) is 3.57 Å². The molecule has 1 heterocycles. The van der Waals surface area contributed by atoms with Gasteiger partial charge in [0.1, 0.15) is 0 Å². The normalized spacial score (nSPS) is 10.2. The highest BCUT2D eigenvalue weighted by atomic mass is 127. The summed E-state index contributed by atoms with van der Waals surface area (Å²) in [6, 6.07) is 9.15. The van der Waals surface area contributed by atoms with Crippen LogP contribution in [-0.4, -0.2) is 20.9 Å². The number of halogens is 1. The largest absolute Gasteiger partial charge is 0.492 e. The Morgan fingerprint density at radius 2 is 1.59 bits per heavy atom. The van der Waals surface area contributed by atoms with Gasteiger partial charge in [0.25, 0.3) is 0 Å². The summed E-state index contributed by atoms with van der Waals surface area (Å²) in [5.74, 6) is -1.36. The van der Waals surface area contributed by atoms with E-state index in [1.807, 2.05) is 0 Å². The quantitative estimate of drug-likeness (QED) is 0.814. The Labute approximate surface area is 110 Å². The van der Waals surface area contributed by atoms with Crippen molar-refractivity contribution in [2.24, 2.45) is 0 Å². The van der Waals surface area contributed by atoms with Gasteiger partial charge in [-0.05, 0) is 46.9 Å². The molecule has 0 aliphatic heterocycles. The smallest absolute Gasteiger partial charge is 0.363 e. The maximum absolute atomic E-state index is 11.7. The molecule has 0 aliphatic carbocycles. The number of hydrogen-bond acceptors (Lipinski definition) is 4. The number of carbonyl (C=O) groups excluding carboxylic acids is 1. The van der Waals surface area contributed by atoms with Gasteiger partial charge in [0, 0.05) is 15.7 Å². The van der Waals surface area contributed by atoms with Gasteiger partial charge in [0.05, 0.1) is 5.56 Å². The fourth-order valence-electron chi connectivity index (χ4n) is 1.22. The average Bonchev–Trinajstić information content (AvgIpc) is 2.61. The zero-order valence-electron chi connectivity index (χ0n) is 8.50. The molecule has 0 unspecified atom stereocenters. The van der Waals surface area contributed by atoms with Gasteiger partial charge in [-0.3, -0.25) is 0 Å². The molecule has 1 aromatic heterocycles. The SMILES string of the molecule is O=C(On1c(O)ccc1O)c1ccc(I)cc1. The molecule has 2 N–H and O–H groups in total. The van der Waals surface area contributed by atoms with E-state index in [-0.39, 0.29) is 11.8 Å². The molecule has 0 saturated carbocycles. The zero-order chi connectivity index (χ0) is 12.4. The molecule has 17 heavy (non-hydrogen) atoms. The molecule has 0 fully saturated rings. The molecule has 2 rings (SSSR count). The number of carbonyl (C=O) groups is 1. The van der Waals surface area contributed by atoms with E-state index in [9.17, 15) is 15.0 Å². The maximum atomic E-state index is 11.7. The van der Waals surface area contributed by atoms with E-state index >= 15 is 0 Å². The first-order valence-corrected chi connectivity index (χ1v) is 5.74. The van der Waals surface area contributed by atoms with Gasteiger partial charge in [-0.25, -0.2) is 4.79 Å². The van der Waals surface area contributed by atoms with Crippen LogP contribution in [0.25, 0.3) is 0 Å². The highest BCUT2D eigenvalue weighted by Gasteiger charge is 2.13. The molecular formula is C11H8INO4. The second kappa shape index (κ2) is 4.66. The first-order chi connectivity index (χ1) is 8.08. The van der Waals surface area contributed by atoms with E-state index in [4.69, 9.17) is 4.84 Å².